The van der Waals surface area contributed by atoms with Crippen molar-refractivity contribution in [1.82, 2.24) is 4.90 Å². The molecule has 0 unspecified atom stereocenters. The molecule has 0 aliphatic carbocycles. The number of imide groups is 1. The number of hydrogen-bond acceptors (Lipinski definition) is 5. The van der Waals surface area contributed by atoms with E-state index in [0.29, 0.717) is 17.2 Å². The van der Waals surface area contributed by atoms with Crippen LogP contribution in [0.2, 0.25) is 0 Å². The topological polar surface area (TPSA) is 59.1 Å². The first-order valence-electron chi connectivity index (χ1n) is 8.20. The Morgan fingerprint density at radius 2 is 1.50 bits per heavy atom. The highest BCUT2D eigenvalue weighted by molar-refractivity contribution is 7.99. The smallest absolute Gasteiger partial charge is 0.333 e. The number of carbonyl (C=O) groups is 2. The van der Waals surface area contributed by atoms with Crippen LogP contribution in [0.4, 0.5) is 10.5 Å². The van der Waals surface area contributed by atoms with Gasteiger partial charge in [-0.1, -0.05) is 12.1 Å². The fourth-order valence-electron chi connectivity index (χ4n) is 3.28. The number of anilines is 1. The number of urea groups is 1. The Balaban J connectivity index is 1.62. The number of hydrogen-bond donors (Lipinski definition) is 0. The maximum Gasteiger partial charge on any atom is 0.333 e. The Labute approximate surface area is 155 Å². The number of benzene rings is 2. The number of methoxy groups -OCH3 is 2. The van der Waals surface area contributed by atoms with Gasteiger partial charge in [0.25, 0.3) is 5.91 Å². The van der Waals surface area contributed by atoms with Crippen molar-refractivity contribution < 1.29 is 19.1 Å². The molecule has 0 radical (unpaired) electrons. The summed E-state index contributed by atoms with van der Waals surface area (Å²) in [6.45, 7) is 0. The minimum absolute atomic E-state index is 0.175. The van der Waals surface area contributed by atoms with Crippen LogP contribution in [0.3, 0.4) is 0 Å². The Morgan fingerprint density at radius 3 is 2.08 bits per heavy atom. The van der Waals surface area contributed by atoms with Crippen LogP contribution in [-0.2, 0) is 4.79 Å². The molecule has 3 amide bonds. The number of ether oxygens (including phenoxy) is 2. The number of amides is 3. The minimum Gasteiger partial charge on any atom is -0.497 e. The van der Waals surface area contributed by atoms with E-state index in [1.54, 1.807) is 55.1 Å². The Bertz CT molecular complexity index is 838. The predicted molar refractivity (Wildman–Crippen MR) is 99.7 cm³/mol. The summed E-state index contributed by atoms with van der Waals surface area (Å²) in [5, 5.41) is -0.175. The molecule has 2 aliphatic heterocycles. The Morgan fingerprint density at radius 1 is 0.923 bits per heavy atom. The van der Waals surface area contributed by atoms with E-state index < -0.39 is 6.04 Å². The largest absolute Gasteiger partial charge is 0.497 e. The fourth-order valence-corrected chi connectivity index (χ4v) is 4.70. The zero-order chi connectivity index (χ0) is 18.3. The van der Waals surface area contributed by atoms with Crippen molar-refractivity contribution in [2.45, 2.75) is 11.4 Å². The van der Waals surface area contributed by atoms with Crippen LogP contribution in [-0.4, -0.2) is 42.9 Å². The van der Waals surface area contributed by atoms with E-state index in [0.717, 1.165) is 11.3 Å². The lowest BCUT2D eigenvalue weighted by Crippen LogP contribution is -2.33. The Hall–Kier alpha value is -2.67. The van der Waals surface area contributed by atoms with Crippen LogP contribution in [0.15, 0.2) is 48.5 Å². The van der Waals surface area contributed by atoms with Crippen LogP contribution in [0.5, 0.6) is 11.5 Å². The summed E-state index contributed by atoms with van der Waals surface area (Å²) in [5.74, 6) is 1.86. The van der Waals surface area contributed by atoms with Gasteiger partial charge in [0.15, 0.2) is 0 Å². The molecular weight excluding hydrogens is 352 g/mol. The summed E-state index contributed by atoms with van der Waals surface area (Å²) < 4.78 is 10.3. The van der Waals surface area contributed by atoms with Gasteiger partial charge in [-0.05, 0) is 42.0 Å². The normalized spacial score (nSPS) is 21.9. The average molecular weight is 370 g/mol. The molecule has 0 bridgehead atoms. The minimum atomic E-state index is -0.429. The molecule has 6 nitrogen and oxygen atoms in total. The van der Waals surface area contributed by atoms with Gasteiger partial charge in [-0.2, -0.15) is 0 Å². The van der Waals surface area contributed by atoms with E-state index in [1.807, 2.05) is 24.3 Å². The molecule has 2 saturated heterocycles. The molecule has 26 heavy (non-hydrogen) atoms. The van der Waals surface area contributed by atoms with Crippen LogP contribution >= 0.6 is 11.8 Å². The second kappa shape index (κ2) is 6.57. The lowest BCUT2D eigenvalue weighted by Gasteiger charge is -2.23. The molecule has 0 N–H and O–H groups in total. The highest BCUT2D eigenvalue weighted by Crippen LogP contribution is 2.46. The standard InChI is InChI=1S/C19H18N2O4S/c1-24-14-7-3-12(4-8-14)18-21-16(11-26-18)17(22)20(19(21)23)13-5-9-15(25-2)10-6-13/h3-10,16,18H,11H2,1-2H3/t16-,18-/m0/s1. The number of fused-ring (bicyclic) bond motifs is 1. The van der Waals surface area contributed by atoms with Crippen molar-refractivity contribution in [2.75, 3.05) is 24.9 Å². The van der Waals surface area contributed by atoms with Gasteiger partial charge in [-0.3, -0.25) is 9.69 Å². The molecule has 2 aliphatic rings. The second-order valence-corrected chi connectivity index (χ2v) is 7.15. The van der Waals surface area contributed by atoms with Crippen molar-refractivity contribution in [2.24, 2.45) is 0 Å². The van der Waals surface area contributed by atoms with Crippen LogP contribution in [0.1, 0.15) is 10.9 Å². The number of nitrogens with zero attached hydrogens (tertiary/aromatic N) is 2. The van der Waals surface area contributed by atoms with E-state index in [4.69, 9.17) is 9.47 Å². The lowest BCUT2D eigenvalue weighted by atomic mass is 10.2. The first-order chi connectivity index (χ1) is 12.6. The number of rotatable bonds is 4. The third kappa shape index (κ3) is 2.59. The van der Waals surface area contributed by atoms with Crippen molar-refractivity contribution in [3.63, 3.8) is 0 Å². The average Bonchev–Trinajstić information content (AvgIpc) is 3.22. The first-order valence-corrected chi connectivity index (χ1v) is 9.25. The quantitative estimate of drug-likeness (QED) is 0.773. The number of thioether (sulfide) groups is 1. The summed E-state index contributed by atoms with van der Waals surface area (Å²) in [6, 6.07) is 13.8. The van der Waals surface area contributed by atoms with Gasteiger partial charge < -0.3 is 9.47 Å². The van der Waals surface area contributed by atoms with Gasteiger partial charge in [0.2, 0.25) is 0 Å². The van der Waals surface area contributed by atoms with Gasteiger partial charge in [-0.15, -0.1) is 11.8 Å². The lowest BCUT2D eigenvalue weighted by molar-refractivity contribution is -0.119. The van der Waals surface area contributed by atoms with Crippen LogP contribution in [0.25, 0.3) is 0 Å². The molecule has 7 heteroatoms. The van der Waals surface area contributed by atoms with Gasteiger partial charge >= 0.3 is 6.03 Å². The van der Waals surface area contributed by atoms with Gasteiger partial charge in [-0.25, -0.2) is 9.69 Å². The van der Waals surface area contributed by atoms with Crippen LogP contribution < -0.4 is 14.4 Å². The molecule has 134 valence electrons. The van der Waals surface area contributed by atoms with Crippen molar-refractivity contribution in [1.29, 1.82) is 0 Å². The zero-order valence-electron chi connectivity index (χ0n) is 14.4. The predicted octanol–water partition coefficient (Wildman–Crippen LogP) is 3.29. The first kappa shape index (κ1) is 16.8. The molecule has 2 aromatic carbocycles. The van der Waals surface area contributed by atoms with Crippen molar-refractivity contribution in [3.8, 4) is 11.5 Å². The second-order valence-electron chi connectivity index (χ2n) is 6.04. The van der Waals surface area contributed by atoms with Gasteiger partial charge in [0.05, 0.1) is 19.9 Å². The fraction of sp³-hybridized carbons (Fsp3) is 0.263. The summed E-state index contributed by atoms with van der Waals surface area (Å²) in [4.78, 5) is 28.8. The monoisotopic (exact) mass is 370 g/mol. The molecule has 0 aromatic heterocycles. The molecule has 2 aromatic rings. The molecule has 2 atom stereocenters. The Kier molecular flexibility index (Phi) is 4.24. The van der Waals surface area contributed by atoms with Gasteiger partial charge in [0, 0.05) is 5.75 Å². The molecule has 0 spiro atoms. The molecule has 2 fully saturated rings. The summed E-state index contributed by atoms with van der Waals surface area (Å²) in [7, 11) is 3.19. The summed E-state index contributed by atoms with van der Waals surface area (Å²) in [5.41, 5.74) is 1.55. The maximum absolute atomic E-state index is 13.0. The highest BCUT2D eigenvalue weighted by atomic mass is 32.2. The van der Waals surface area contributed by atoms with E-state index >= 15 is 0 Å². The molecular formula is C19H18N2O4S. The van der Waals surface area contributed by atoms with Crippen LogP contribution in [0, 0.1) is 0 Å². The van der Waals surface area contributed by atoms with E-state index in [9.17, 15) is 9.59 Å². The molecule has 0 saturated carbocycles. The SMILES string of the molecule is COc1ccc([C@@H]2SC[C@H]3C(=O)N(c4ccc(OC)cc4)C(=O)N32)cc1. The van der Waals surface area contributed by atoms with E-state index in [2.05, 4.69) is 0 Å². The van der Waals surface area contributed by atoms with E-state index in [1.165, 1.54) is 4.90 Å². The summed E-state index contributed by atoms with van der Waals surface area (Å²) >= 11 is 1.61. The van der Waals surface area contributed by atoms with E-state index in [-0.39, 0.29) is 17.3 Å². The van der Waals surface area contributed by atoms with Crippen molar-refractivity contribution in [3.05, 3.63) is 54.1 Å². The highest BCUT2D eigenvalue weighted by Gasteiger charge is 2.53. The maximum atomic E-state index is 13.0. The van der Waals surface area contributed by atoms with Gasteiger partial charge in [0.1, 0.15) is 22.9 Å². The zero-order valence-corrected chi connectivity index (χ0v) is 15.2. The third-order valence-electron chi connectivity index (χ3n) is 4.65. The molecule has 2 heterocycles. The van der Waals surface area contributed by atoms with Crippen molar-refractivity contribution >= 4 is 29.4 Å². The number of carbonyl (C=O) groups excluding carboxylic acids is 2. The molecule has 4 rings (SSSR count). The third-order valence-corrected chi connectivity index (χ3v) is 5.97. The summed E-state index contributed by atoms with van der Waals surface area (Å²) in [6.07, 6.45) is 0.